The van der Waals surface area contributed by atoms with Gasteiger partial charge in [0, 0.05) is 0 Å². The molecule has 62 valence electrons. The van der Waals surface area contributed by atoms with Crippen LogP contribution in [0.3, 0.4) is 0 Å². The van der Waals surface area contributed by atoms with Gasteiger partial charge in [-0.1, -0.05) is 0 Å². The van der Waals surface area contributed by atoms with E-state index in [0.717, 1.165) is 0 Å². The maximum Gasteiger partial charge on any atom is 0.0855 e. The van der Waals surface area contributed by atoms with Gasteiger partial charge in [0.05, 0.1) is 20.0 Å². The van der Waals surface area contributed by atoms with E-state index in [1.54, 1.807) is 0 Å². The van der Waals surface area contributed by atoms with Crippen molar-refractivity contribution in [2.75, 3.05) is 0 Å². The van der Waals surface area contributed by atoms with Crippen molar-refractivity contribution in [2.24, 2.45) is 0 Å². The van der Waals surface area contributed by atoms with Gasteiger partial charge in [-0.05, 0) is 13.8 Å². The Bertz CT molecular complexity index is 139. The van der Waals surface area contributed by atoms with Crippen LogP contribution in [0.5, 0.6) is 0 Å². The molecular weight excluding hydrogens is 159 g/mol. The summed E-state index contributed by atoms with van der Waals surface area (Å²) < 4.78 is 13.8. The summed E-state index contributed by atoms with van der Waals surface area (Å²) in [5.41, 5.74) is 0. The molecule has 0 saturated carbocycles. The van der Waals surface area contributed by atoms with Crippen molar-refractivity contribution in [3.8, 4) is 0 Å². The summed E-state index contributed by atoms with van der Waals surface area (Å²) in [4.78, 5) is 19.8. The maximum absolute atomic E-state index is 9.88. The fourth-order valence-electron chi connectivity index (χ4n) is 0.292. The third kappa shape index (κ3) is 4.90. The van der Waals surface area contributed by atoms with Crippen LogP contribution in [-0.4, -0.2) is 17.3 Å². The quantitative estimate of drug-likeness (QED) is 0.523. The molecule has 0 amide bonds. The first-order valence-corrected chi connectivity index (χ1v) is 4.17. The average Bonchev–Trinajstić information content (AvgIpc) is 1.60. The predicted octanol–water partition coefficient (Wildman–Crippen LogP) is -1.40. The molecule has 6 heteroatoms. The number of hydrogen-bond acceptors (Lipinski definition) is 5. The summed E-state index contributed by atoms with van der Waals surface area (Å²) >= 11 is 0. The lowest BCUT2D eigenvalue weighted by Crippen LogP contribution is -2.27. The molecule has 0 aromatic carbocycles. The lowest BCUT2D eigenvalue weighted by molar-refractivity contribution is -0.345. The van der Waals surface area contributed by atoms with Crippen LogP contribution >= 0.6 is 7.82 Å². The first kappa shape index (κ1) is 10.1. The fourth-order valence-corrected chi connectivity index (χ4v) is 0.875. The van der Waals surface area contributed by atoms with Crippen molar-refractivity contribution in [3.63, 3.8) is 0 Å². The van der Waals surface area contributed by atoms with Crippen molar-refractivity contribution in [2.45, 2.75) is 26.1 Å². The maximum atomic E-state index is 9.88. The molecule has 5 nitrogen and oxygen atoms in total. The molecule has 1 N–H and O–H groups in total. The van der Waals surface area contributed by atoms with Crippen LogP contribution in [0.4, 0.5) is 0 Å². The third-order valence-electron chi connectivity index (χ3n) is 0.975. The van der Waals surface area contributed by atoms with Crippen LogP contribution in [0.1, 0.15) is 13.8 Å². The van der Waals surface area contributed by atoms with Gasteiger partial charge in [0.2, 0.25) is 0 Å². The average molecular weight is 168 g/mol. The molecule has 0 heterocycles. The number of aliphatic hydroxyl groups is 1. The Kier molecular flexibility index (Phi) is 3.48. The van der Waals surface area contributed by atoms with Crippen LogP contribution in [0.2, 0.25) is 0 Å². The van der Waals surface area contributed by atoms with Crippen LogP contribution in [0, 0.1) is 0 Å². The van der Waals surface area contributed by atoms with Crippen molar-refractivity contribution in [1.82, 2.24) is 0 Å². The number of hydrogen-bond donors (Lipinski definition) is 1. The van der Waals surface area contributed by atoms with E-state index in [1.807, 2.05) is 0 Å². The van der Waals surface area contributed by atoms with Crippen LogP contribution in [0.15, 0.2) is 0 Å². The first-order valence-electron chi connectivity index (χ1n) is 2.71. The highest BCUT2D eigenvalue weighted by Gasteiger charge is 2.09. The van der Waals surface area contributed by atoms with Crippen molar-refractivity contribution >= 4 is 7.82 Å². The van der Waals surface area contributed by atoms with E-state index in [0.29, 0.717) is 0 Å². The molecule has 2 unspecified atom stereocenters. The topological polar surface area (TPSA) is 92.7 Å². The molecule has 0 bridgehead atoms. The normalized spacial score (nSPS) is 18.5. The van der Waals surface area contributed by atoms with E-state index >= 15 is 0 Å². The van der Waals surface area contributed by atoms with Gasteiger partial charge in [-0.25, -0.2) is 0 Å². The van der Waals surface area contributed by atoms with Gasteiger partial charge in [-0.15, -0.1) is 0 Å². The summed E-state index contributed by atoms with van der Waals surface area (Å²) in [6, 6.07) is 0. The monoisotopic (exact) mass is 168 g/mol. The van der Waals surface area contributed by atoms with E-state index in [-0.39, 0.29) is 0 Å². The molecule has 0 aliphatic carbocycles. The van der Waals surface area contributed by atoms with Gasteiger partial charge in [0.1, 0.15) is 0 Å². The van der Waals surface area contributed by atoms with E-state index in [9.17, 15) is 14.4 Å². The summed E-state index contributed by atoms with van der Waals surface area (Å²) in [7, 11) is -4.94. The van der Waals surface area contributed by atoms with Gasteiger partial charge in [-0.3, -0.25) is 0 Å². The fraction of sp³-hybridized carbons (Fsp3) is 1.00. The summed E-state index contributed by atoms with van der Waals surface area (Å²) in [5, 5.41) is 8.66. The SMILES string of the molecule is CC(O)C(C)OP(=O)([O-])[O-]. The Labute approximate surface area is 58.9 Å². The Morgan fingerprint density at radius 3 is 2.00 bits per heavy atom. The Morgan fingerprint density at radius 1 is 1.50 bits per heavy atom. The molecule has 0 aliphatic rings. The second-order valence-corrected chi connectivity index (χ2v) is 3.10. The smallest absolute Gasteiger partial charge is 0.0855 e. The molecule has 10 heavy (non-hydrogen) atoms. The molecule has 0 spiro atoms. The van der Waals surface area contributed by atoms with Crippen LogP contribution in [-0.2, 0) is 9.09 Å². The molecular formula is C4H9O5P-2. The summed E-state index contributed by atoms with van der Waals surface area (Å²) in [6.45, 7) is 2.63. The van der Waals surface area contributed by atoms with Crippen molar-refractivity contribution < 1.29 is 24.0 Å². The Hall–Kier alpha value is 0.0700. The van der Waals surface area contributed by atoms with E-state index < -0.39 is 20.0 Å². The number of phosphoric acid groups is 1. The van der Waals surface area contributed by atoms with Gasteiger partial charge in [0.25, 0.3) is 0 Å². The van der Waals surface area contributed by atoms with Crippen molar-refractivity contribution in [3.05, 3.63) is 0 Å². The molecule has 0 aliphatic heterocycles. The number of rotatable bonds is 3. The zero-order chi connectivity index (χ0) is 8.36. The minimum absolute atomic E-state index is 0.962. The second kappa shape index (κ2) is 3.46. The highest BCUT2D eigenvalue weighted by atomic mass is 31.2. The lowest BCUT2D eigenvalue weighted by Gasteiger charge is -2.32. The number of phosphoric ester groups is 1. The number of aliphatic hydroxyl groups excluding tert-OH is 1. The second-order valence-electron chi connectivity index (χ2n) is 2.00. The minimum Gasteiger partial charge on any atom is -0.790 e. The highest BCUT2D eigenvalue weighted by Crippen LogP contribution is 2.27. The van der Waals surface area contributed by atoms with Crippen LogP contribution < -0.4 is 9.79 Å². The van der Waals surface area contributed by atoms with E-state index in [2.05, 4.69) is 4.52 Å². The predicted molar refractivity (Wildman–Crippen MR) is 29.8 cm³/mol. The summed E-state index contributed by atoms with van der Waals surface area (Å²) in [6.07, 6.45) is -1.93. The minimum atomic E-state index is -4.94. The largest absolute Gasteiger partial charge is 0.790 e. The standard InChI is InChI=1S/C4H11O5P/c1-3(5)4(2)9-10(6,7)8/h3-5H,1-2H3,(H2,6,7,8)/p-2. The first-order chi connectivity index (χ1) is 4.33. The molecule has 2 atom stereocenters. The van der Waals surface area contributed by atoms with Gasteiger partial charge < -0.3 is 24.0 Å². The van der Waals surface area contributed by atoms with Gasteiger partial charge >= 0.3 is 0 Å². The molecule has 0 aromatic rings. The van der Waals surface area contributed by atoms with E-state index in [1.165, 1.54) is 13.8 Å². The third-order valence-corrected chi connectivity index (χ3v) is 1.57. The highest BCUT2D eigenvalue weighted by molar-refractivity contribution is 7.43. The Morgan fingerprint density at radius 2 is 1.90 bits per heavy atom. The molecule has 0 radical (unpaired) electrons. The van der Waals surface area contributed by atoms with E-state index in [4.69, 9.17) is 5.11 Å². The van der Waals surface area contributed by atoms with Crippen LogP contribution in [0.25, 0.3) is 0 Å². The molecule has 0 rings (SSSR count). The molecule has 0 aromatic heterocycles. The van der Waals surface area contributed by atoms with Gasteiger partial charge in [0.15, 0.2) is 0 Å². The summed E-state index contributed by atoms with van der Waals surface area (Å²) in [5.74, 6) is 0. The van der Waals surface area contributed by atoms with Crippen molar-refractivity contribution in [1.29, 1.82) is 0 Å². The Balaban J connectivity index is 3.80. The lowest BCUT2D eigenvalue weighted by atomic mass is 10.3. The molecule has 0 fully saturated rings. The van der Waals surface area contributed by atoms with Gasteiger partial charge in [-0.2, -0.15) is 0 Å². The molecule has 0 saturated heterocycles. The zero-order valence-corrected chi connectivity index (χ0v) is 6.58. The zero-order valence-electron chi connectivity index (χ0n) is 5.68.